The lowest BCUT2D eigenvalue weighted by Gasteiger charge is -2.31. The van der Waals surface area contributed by atoms with Gasteiger partial charge < -0.3 is 4.90 Å². The highest BCUT2D eigenvalue weighted by molar-refractivity contribution is 5.76. The molecule has 3 heterocycles. The molecule has 150 valence electrons. The molecule has 2 aromatic heterocycles. The van der Waals surface area contributed by atoms with E-state index in [0.717, 1.165) is 29.8 Å². The van der Waals surface area contributed by atoms with Crippen LogP contribution in [0.2, 0.25) is 0 Å². The molecule has 0 bridgehead atoms. The summed E-state index contributed by atoms with van der Waals surface area (Å²) in [5.74, 6) is 1.15. The molecule has 1 saturated heterocycles. The average molecular weight is 391 g/mol. The van der Waals surface area contributed by atoms with Crippen molar-refractivity contribution in [1.82, 2.24) is 24.6 Å². The zero-order chi connectivity index (χ0) is 20.1. The largest absolute Gasteiger partial charge is 0.343 e. The fourth-order valence-corrected chi connectivity index (χ4v) is 3.90. The van der Waals surface area contributed by atoms with Crippen LogP contribution >= 0.6 is 0 Å². The molecule has 1 N–H and O–H groups in total. The first-order valence-electron chi connectivity index (χ1n) is 10.1. The zero-order valence-corrected chi connectivity index (χ0v) is 16.3. The average Bonchev–Trinajstić information content (AvgIpc) is 3.14. The fraction of sp³-hybridized carbons (Fsp3) is 0.364. The van der Waals surface area contributed by atoms with Gasteiger partial charge in [0.05, 0.1) is 6.54 Å². The third-order valence-electron chi connectivity index (χ3n) is 5.53. The third-order valence-corrected chi connectivity index (χ3v) is 5.53. The van der Waals surface area contributed by atoms with Crippen molar-refractivity contribution in [1.29, 1.82) is 0 Å². The van der Waals surface area contributed by atoms with Gasteiger partial charge in [-0.25, -0.2) is 9.89 Å². The van der Waals surface area contributed by atoms with E-state index in [2.05, 4.69) is 15.2 Å². The number of nitrogens with one attached hydrogen (secondary N) is 1. The smallest absolute Gasteiger partial charge is 0.343 e. The van der Waals surface area contributed by atoms with E-state index in [1.54, 1.807) is 10.8 Å². The van der Waals surface area contributed by atoms with Gasteiger partial charge in [-0.2, -0.15) is 5.10 Å². The second-order valence-corrected chi connectivity index (χ2v) is 7.48. The summed E-state index contributed by atoms with van der Waals surface area (Å²) in [6.45, 7) is 1.90. The number of hydrogen-bond donors (Lipinski definition) is 1. The number of aromatic nitrogens is 4. The number of pyridine rings is 1. The molecule has 1 aliphatic heterocycles. The van der Waals surface area contributed by atoms with Crippen LogP contribution in [-0.4, -0.2) is 43.6 Å². The Labute approximate surface area is 169 Å². The van der Waals surface area contributed by atoms with Crippen LogP contribution in [-0.2, 0) is 17.8 Å². The topological polar surface area (TPSA) is 83.9 Å². The summed E-state index contributed by atoms with van der Waals surface area (Å²) in [5, 5.41) is 6.89. The Kier molecular flexibility index (Phi) is 5.84. The number of amides is 1. The number of likely N-dealkylation sites (tertiary alicyclic amines) is 1. The van der Waals surface area contributed by atoms with Gasteiger partial charge in [0.15, 0.2) is 0 Å². The van der Waals surface area contributed by atoms with Crippen LogP contribution in [0.25, 0.3) is 0 Å². The second-order valence-electron chi connectivity index (χ2n) is 7.48. The summed E-state index contributed by atoms with van der Waals surface area (Å²) < 4.78 is 1.72. The minimum Gasteiger partial charge on any atom is -0.343 e. The Morgan fingerprint density at radius 1 is 1.07 bits per heavy atom. The quantitative estimate of drug-likeness (QED) is 0.699. The summed E-state index contributed by atoms with van der Waals surface area (Å²) in [4.78, 5) is 30.8. The first-order chi connectivity index (χ1) is 14.2. The van der Waals surface area contributed by atoms with Crippen molar-refractivity contribution < 1.29 is 4.79 Å². The van der Waals surface area contributed by atoms with Crippen molar-refractivity contribution in [2.24, 2.45) is 0 Å². The van der Waals surface area contributed by atoms with Crippen molar-refractivity contribution in [3.05, 3.63) is 82.3 Å². The predicted octanol–water partition coefficient (Wildman–Crippen LogP) is 2.35. The van der Waals surface area contributed by atoms with Crippen LogP contribution in [0.3, 0.4) is 0 Å². The number of carbonyl (C=O) groups excluding carboxylic acids is 1. The van der Waals surface area contributed by atoms with Crippen molar-refractivity contribution in [2.45, 2.75) is 38.1 Å². The van der Waals surface area contributed by atoms with Gasteiger partial charge in [0.25, 0.3) is 0 Å². The Morgan fingerprint density at radius 2 is 1.83 bits per heavy atom. The van der Waals surface area contributed by atoms with Crippen molar-refractivity contribution in [3.8, 4) is 0 Å². The number of rotatable bonds is 6. The van der Waals surface area contributed by atoms with Crippen LogP contribution in [0.4, 0.5) is 0 Å². The maximum atomic E-state index is 12.6. The zero-order valence-electron chi connectivity index (χ0n) is 16.3. The molecule has 3 aromatic rings. The van der Waals surface area contributed by atoms with E-state index in [1.807, 2.05) is 53.6 Å². The molecule has 0 saturated carbocycles. The predicted molar refractivity (Wildman–Crippen MR) is 110 cm³/mol. The number of hydrogen-bond acceptors (Lipinski definition) is 4. The van der Waals surface area contributed by atoms with E-state index < -0.39 is 0 Å². The molecule has 1 aliphatic rings. The summed E-state index contributed by atoms with van der Waals surface area (Å²) in [6, 6.07) is 13.8. The maximum absolute atomic E-state index is 12.6. The molecule has 1 fully saturated rings. The van der Waals surface area contributed by atoms with Gasteiger partial charge in [-0.15, -0.1) is 0 Å². The maximum Gasteiger partial charge on any atom is 0.343 e. The Balaban J connectivity index is 1.35. The first-order valence-corrected chi connectivity index (χ1v) is 10.1. The van der Waals surface area contributed by atoms with Crippen molar-refractivity contribution in [3.63, 3.8) is 0 Å². The lowest BCUT2D eigenvalue weighted by molar-refractivity contribution is -0.132. The van der Waals surface area contributed by atoms with Gasteiger partial charge >= 0.3 is 5.69 Å². The SMILES string of the molecule is O=C(CCc1cccnc1)N1CCC(c2n[nH]c(=O)n2Cc2ccccc2)CC1. The normalized spacial score (nSPS) is 14.8. The molecule has 0 aliphatic carbocycles. The Morgan fingerprint density at radius 3 is 2.55 bits per heavy atom. The number of benzene rings is 1. The Bertz CT molecular complexity index is 989. The fourth-order valence-electron chi connectivity index (χ4n) is 3.90. The van der Waals surface area contributed by atoms with Crippen LogP contribution in [0.1, 0.15) is 42.1 Å². The van der Waals surface area contributed by atoms with Gasteiger partial charge in [-0.1, -0.05) is 36.4 Å². The molecular weight excluding hydrogens is 366 g/mol. The van der Waals surface area contributed by atoms with E-state index in [1.165, 1.54) is 0 Å². The van der Waals surface area contributed by atoms with Gasteiger partial charge in [-0.05, 0) is 36.5 Å². The van der Waals surface area contributed by atoms with Crippen LogP contribution < -0.4 is 5.69 Å². The minimum absolute atomic E-state index is 0.177. The molecule has 0 atom stereocenters. The van der Waals surface area contributed by atoms with Crippen LogP contribution in [0, 0.1) is 0 Å². The Hall–Kier alpha value is -3.22. The van der Waals surface area contributed by atoms with E-state index in [-0.39, 0.29) is 17.5 Å². The van der Waals surface area contributed by atoms with E-state index in [9.17, 15) is 9.59 Å². The molecule has 29 heavy (non-hydrogen) atoms. The van der Waals surface area contributed by atoms with Gasteiger partial charge in [0.1, 0.15) is 5.82 Å². The summed E-state index contributed by atoms with van der Waals surface area (Å²) in [7, 11) is 0. The lowest BCUT2D eigenvalue weighted by atomic mass is 9.95. The molecule has 7 heteroatoms. The monoisotopic (exact) mass is 391 g/mol. The lowest BCUT2D eigenvalue weighted by Crippen LogP contribution is -2.38. The van der Waals surface area contributed by atoms with Crippen LogP contribution in [0.15, 0.2) is 59.7 Å². The number of piperidine rings is 1. The first kappa shape index (κ1) is 19.1. The summed E-state index contributed by atoms with van der Waals surface area (Å²) in [5.41, 5.74) is 1.97. The minimum atomic E-state index is -0.182. The molecule has 0 unspecified atom stereocenters. The molecular formula is C22H25N5O2. The van der Waals surface area contributed by atoms with E-state index >= 15 is 0 Å². The van der Waals surface area contributed by atoms with Crippen molar-refractivity contribution in [2.75, 3.05) is 13.1 Å². The second kappa shape index (κ2) is 8.86. The van der Waals surface area contributed by atoms with Gasteiger partial charge in [0.2, 0.25) is 5.91 Å². The van der Waals surface area contributed by atoms with Crippen molar-refractivity contribution >= 4 is 5.91 Å². The highest BCUT2D eigenvalue weighted by atomic mass is 16.2. The molecule has 4 rings (SSSR count). The number of aryl methyl sites for hydroxylation is 1. The molecule has 0 spiro atoms. The van der Waals surface area contributed by atoms with E-state index in [4.69, 9.17) is 0 Å². The number of H-pyrrole nitrogens is 1. The summed E-state index contributed by atoms with van der Waals surface area (Å²) >= 11 is 0. The van der Waals surface area contributed by atoms with E-state index in [0.29, 0.717) is 32.5 Å². The van der Waals surface area contributed by atoms with Gasteiger partial charge in [-0.3, -0.25) is 14.3 Å². The van der Waals surface area contributed by atoms with Gasteiger partial charge in [0, 0.05) is 37.8 Å². The number of carbonyl (C=O) groups is 1. The highest BCUT2D eigenvalue weighted by Crippen LogP contribution is 2.26. The molecule has 0 radical (unpaired) electrons. The molecule has 1 aromatic carbocycles. The molecule has 7 nitrogen and oxygen atoms in total. The molecule has 1 amide bonds. The number of aromatic amines is 1. The third kappa shape index (κ3) is 4.62. The summed E-state index contributed by atoms with van der Waals surface area (Å²) in [6.07, 6.45) is 6.39. The van der Waals surface area contributed by atoms with Crippen LogP contribution in [0.5, 0.6) is 0 Å². The number of nitrogens with zero attached hydrogens (tertiary/aromatic N) is 4. The standard InChI is InChI=1S/C22H25N5O2/c28-20(9-8-17-7-4-12-23-15-17)26-13-10-19(11-14-26)21-24-25-22(29)27(21)16-18-5-2-1-3-6-18/h1-7,12,15,19H,8-11,13-14,16H2,(H,25,29). The highest BCUT2D eigenvalue weighted by Gasteiger charge is 2.27.